The van der Waals surface area contributed by atoms with Gasteiger partial charge in [-0.25, -0.2) is 0 Å². The summed E-state index contributed by atoms with van der Waals surface area (Å²) in [5, 5.41) is 2.59. The molecule has 0 saturated heterocycles. The van der Waals surface area contributed by atoms with Crippen LogP contribution in [0.3, 0.4) is 0 Å². The van der Waals surface area contributed by atoms with E-state index in [1.54, 1.807) is 18.7 Å². The molecule has 5 heteroatoms. The Kier molecular flexibility index (Phi) is 5.87. The molecule has 0 fully saturated rings. The lowest BCUT2D eigenvalue weighted by Crippen LogP contribution is -2.44. The lowest BCUT2D eigenvalue weighted by Gasteiger charge is -2.20. The van der Waals surface area contributed by atoms with E-state index in [2.05, 4.69) is 21.2 Å². The van der Waals surface area contributed by atoms with Gasteiger partial charge in [-0.1, -0.05) is 15.9 Å². The normalized spacial score (nSPS) is 11.0. The van der Waals surface area contributed by atoms with Crippen molar-refractivity contribution in [1.29, 1.82) is 0 Å². The van der Waals surface area contributed by atoms with Gasteiger partial charge < -0.3 is 10.2 Å². The van der Waals surface area contributed by atoms with E-state index in [0.29, 0.717) is 13.1 Å². The molecular weight excluding hydrogens is 260 g/mol. The summed E-state index contributed by atoms with van der Waals surface area (Å²) in [4.78, 5) is 24.7. The summed E-state index contributed by atoms with van der Waals surface area (Å²) in [5.41, 5.74) is 0. The van der Waals surface area contributed by atoms with E-state index < -0.39 is 4.32 Å². The Morgan fingerprint density at radius 1 is 1.27 bits per heavy atom. The van der Waals surface area contributed by atoms with Gasteiger partial charge in [0.25, 0.3) is 0 Å². The van der Waals surface area contributed by atoms with Gasteiger partial charge in [0.05, 0.1) is 10.9 Å². The summed E-state index contributed by atoms with van der Waals surface area (Å²) < 4.78 is -0.628. The molecule has 0 aromatic carbocycles. The molecule has 0 spiro atoms. The minimum absolute atomic E-state index is 0.0508. The monoisotopic (exact) mass is 278 g/mol. The third kappa shape index (κ3) is 5.16. The molecule has 0 aromatic rings. The van der Waals surface area contributed by atoms with E-state index in [1.807, 2.05) is 13.8 Å². The maximum absolute atomic E-state index is 11.5. The summed E-state index contributed by atoms with van der Waals surface area (Å²) in [6, 6.07) is 0. The van der Waals surface area contributed by atoms with Gasteiger partial charge in [-0.2, -0.15) is 0 Å². The molecule has 0 aliphatic heterocycles. The van der Waals surface area contributed by atoms with Crippen LogP contribution < -0.4 is 5.32 Å². The fourth-order valence-corrected chi connectivity index (χ4v) is 1.19. The van der Waals surface area contributed by atoms with E-state index in [9.17, 15) is 9.59 Å². The van der Waals surface area contributed by atoms with Crippen molar-refractivity contribution in [3.63, 3.8) is 0 Å². The first-order valence-corrected chi connectivity index (χ1v) is 5.87. The Morgan fingerprint density at radius 2 is 1.73 bits per heavy atom. The van der Waals surface area contributed by atoms with Crippen LogP contribution in [0.1, 0.15) is 27.7 Å². The van der Waals surface area contributed by atoms with Crippen LogP contribution in [0.25, 0.3) is 0 Å². The molecule has 4 nitrogen and oxygen atoms in total. The molecule has 0 heterocycles. The minimum Gasteiger partial charge on any atom is -0.346 e. The summed E-state index contributed by atoms with van der Waals surface area (Å²) in [6.45, 7) is 8.71. The number of nitrogens with zero attached hydrogens (tertiary/aromatic N) is 1. The molecule has 0 saturated carbocycles. The van der Waals surface area contributed by atoms with Crippen molar-refractivity contribution >= 4 is 27.7 Å². The Labute approximate surface area is 99.5 Å². The van der Waals surface area contributed by atoms with Gasteiger partial charge in [0, 0.05) is 13.1 Å². The zero-order valence-electron chi connectivity index (χ0n) is 9.76. The van der Waals surface area contributed by atoms with Crippen LogP contribution in [0.5, 0.6) is 0 Å². The Morgan fingerprint density at radius 3 is 2.07 bits per heavy atom. The summed E-state index contributed by atoms with van der Waals surface area (Å²) >= 11 is 3.23. The number of hydrogen-bond donors (Lipinski definition) is 1. The molecule has 0 radical (unpaired) electrons. The van der Waals surface area contributed by atoms with E-state index in [0.717, 1.165) is 0 Å². The molecule has 0 aliphatic rings. The summed E-state index contributed by atoms with van der Waals surface area (Å²) in [5.74, 6) is -0.229. The Bertz CT molecular complexity index is 232. The molecule has 0 rings (SSSR count). The second kappa shape index (κ2) is 6.10. The maximum atomic E-state index is 11.5. The number of alkyl halides is 1. The van der Waals surface area contributed by atoms with Gasteiger partial charge >= 0.3 is 0 Å². The molecule has 1 N–H and O–H groups in total. The number of nitrogens with one attached hydrogen (secondary N) is 1. The third-order valence-corrected chi connectivity index (χ3v) is 2.42. The van der Waals surface area contributed by atoms with Gasteiger partial charge in [-0.3, -0.25) is 9.59 Å². The first-order valence-electron chi connectivity index (χ1n) is 5.07. The maximum Gasteiger partial charge on any atom is 0.241 e. The second-order valence-corrected chi connectivity index (χ2v) is 5.70. The molecule has 0 bridgehead atoms. The standard InChI is InChI=1S/C10H19BrN2O2/c1-5-13(6-2)8(14)7-12-9(15)10(3,4)11/h5-7H2,1-4H3,(H,12,15). The Hall–Kier alpha value is -0.580. The van der Waals surface area contributed by atoms with Crippen molar-refractivity contribution in [2.45, 2.75) is 32.0 Å². The average Bonchev–Trinajstić information content (AvgIpc) is 2.14. The smallest absolute Gasteiger partial charge is 0.241 e. The molecule has 0 aromatic heterocycles. The fourth-order valence-electron chi connectivity index (χ4n) is 1.05. The molecular formula is C10H19BrN2O2. The first-order chi connectivity index (χ1) is 6.82. The van der Waals surface area contributed by atoms with Gasteiger partial charge in [0.1, 0.15) is 0 Å². The highest BCUT2D eigenvalue weighted by Gasteiger charge is 2.24. The van der Waals surface area contributed by atoms with Crippen LogP contribution in [0, 0.1) is 0 Å². The van der Waals surface area contributed by atoms with Crippen molar-refractivity contribution in [1.82, 2.24) is 10.2 Å². The summed E-state index contributed by atoms with van der Waals surface area (Å²) in [6.07, 6.45) is 0. The molecule has 0 unspecified atom stereocenters. The van der Waals surface area contributed by atoms with Crippen molar-refractivity contribution in [2.24, 2.45) is 0 Å². The van der Waals surface area contributed by atoms with Crippen molar-refractivity contribution in [3.8, 4) is 0 Å². The van der Waals surface area contributed by atoms with E-state index in [-0.39, 0.29) is 18.4 Å². The number of amides is 2. The van der Waals surface area contributed by atoms with Crippen LogP contribution in [0.2, 0.25) is 0 Å². The second-order valence-electron chi connectivity index (χ2n) is 3.72. The van der Waals surface area contributed by atoms with Crippen molar-refractivity contribution in [3.05, 3.63) is 0 Å². The molecule has 88 valence electrons. The predicted molar refractivity (Wildman–Crippen MR) is 63.9 cm³/mol. The van der Waals surface area contributed by atoms with Crippen LogP contribution in [0.4, 0.5) is 0 Å². The topological polar surface area (TPSA) is 49.4 Å². The van der Waals surface area contributed by atoms with Gasteiger partial charge in [-0.05, 0) is 27.7 Å². The van der Waals surface area contributed by atoms with E-state index in [4.69, 9.17) is 0 Å². The number of carbonyl (C=O) groups is 2. The van der Waals surface area contributed by atoms with Crippen LogP contribution >= 0.6 is 15.9 Å². The molecule has 15 heavy (non-hydrogen) atoms. The van der Waals surface area contributed by atoms with Crippen LogP contribution in [-0.2, 0) is 9.59 Å². The van der Waals surface area contributed by atoms with Crippen LogP contribution in [-0.4, -0.2) is 40.7 Å². The first kappa shape index (κ1) is 14.4. The highest BCUT2D eigenvalue weighted by atomic mass is 79.9. The van der Waals surface area contributed by atoms with Crippen molar-refractivity contribution < 1.29 is 9.59 Å². The zero-order valence-corrected chi connectivity index (χ0v) is 11.3. The highest BCUT2D eigenvalue weighted by molar-refractivity contribution is 9.10. The molecule has 0 aliphatic carbocycles. The third-order valence-electron chi connectivity index (χ3n) is 2.06. The quantitative estimate of drug-likeness (QED) is 0.767. The minimum atomic E-state index is -0.628. The van der Waals surface area contributed by atoms with Crippen molar-refractivity contribution in [2.75, 3.05) is 19.6 Å². The largest absolute Gasteiger partial charge is 0.346 e. The number of carbonyl (C=O) groups excluding carboxylic acids is 2. The summed E-state index contributed by atoms with van der Waals surface area (Å²) in [7, 11) is 0. The SMILES string of the molecule is CCN(CC)C(=O)CNC(=O)C(C)(C)Br. The van der Waals surface area contributed by atoms with Gasteiger partial charge in [0.2, 0.25) is 11.8 Å². The number of hydrogen-bond acceptors (Lipinski definition) is 2. The van der Waals surface area contributed by atoms with E-state index in [1.165, 1.54) is 0 Å². The zero-order chi connectivity index (χ0) is 12.1. The molecule has 0 atom stereocenters. The van der Waals surface area contributed by atoms with Gasteiger partial charge in [0.15, 0.2) is 0 Å². The number of rotatable bonds is 5. The predicted octanol–water partition coefficient (Wildman–Crippen LogP) is 1.14. The number of halogens is 1. The average molecular weight is 279 g/mol. The number of likely N-dealkylation sites (N-methyl/N-ethyl adjacent to an activating group) is 1. The highest BCUT2D eigenvalue weighted by Crippen LogP contribution is 2.14. The Balaban J connectivity index is 4.06. The lowest BCUT2D eigenvalue weighted by atomic mass is 10.2. The van der Waals surface area contributed by atoms with E-state index >= 15 is 0 Å². The lowest BCUT2D eigenvalue weighted by molar-refractivity contribution is -0.132. The molecule has 2 amide bonds. The van der Waals surface area contributed by atoms with Gasteiger partial charge in [-0.15, -0.1) is 0 Å². The van der Waals surface area contributed by atoms with Crippen LogP contribution in [0.15, 0.2) is 0 Å². The fraction of sp³-hybridized carbons (Fsp3) is 0.800.